The maximum absolute atomic E-state index is 13.9. The van der Waals surface area contributed by atoms with Gasteiger partial charge in [-0.1, -0.05) is 5.16 Å². The van der Waals surface area contributed by atoms with Gasteiger partial charge in [0.05, 0.1) is 22.5 Å². The Balaban J connectivity index is 1.45. The summed E-state index contributed by atoms with van der Waals surface area (Å²) in [7, 11) is 0. The molecule has 1 fully saturated rings. The number of aromatic nitrogens is 3. The number of aromatic amines is 1. The van der Waals surface area contributed by atoms with Gasteiger partial charge >= 0.3 is 0 Å². The molecule has 2 unspecified atom stereocenters. The Hall–Kier alpha value is -4.85. The lowest BCUT2D eigenvalue weighted by molar-refractivity contribution is -0.126. The van der Waals surface area contributed by atoms with Crippen molar-refractivity contribution in [2.75, 3.05) is 0 Å². The number of fused-ring (bicyclic) bond motifs is 6. The van der Waals surface area contributed by atoms with Crippen LogP contribution in [0.25, 0.3) is 23.5 Å². The lowest BCUT2D eigenvalue weighted by atomic mass is 9.79. The first-order valence-corrected chi connectivity index (χ1v) is 13.3. The topological polar surface area (TPSA) is 109 Å². The van der Waals surface area contributed by atoms with Gasteiger partial charge in [0, 0.05) is 40.4 Å². The van der Waals surface area contributed by atoms with Gasteiger partial charge in [0.2, 0.25) is 0 Å². The number of nitrogens with one attached hydrogen (secondary N) is 2. The summed E-state index contributed by atoms with van der Waals surface area (Å²) >= 11 is 0. The average molecular weight is 529 g/mol. The summed E-state index contributed by atoms with van der Waals surface area (Å²) in [4.78, 5) is 31.4. The lowest BCUT2D eigenvalue weighted by Gasteiger charge is -2.23. The van der Waals surface area contributed by atoms with E-state index in [1.54, 1.807) is 12.4 Å². The smallest absolute Gasteiger partial charge is 0.173 e. The van der Waals surface area contributed by atoms with E-state index in [1.807, 2.05) is 101 Å². The monoisotopic (exact) mass is 528 g/mol. The van der Waals surface area contributed by atoms with Crippen molar-refractivity contribution in [1.82, 2.24) is 20.4 Å². The number of H-pyrrole nitrogens is 1. The van der Waals surface area contributed by atoms with Crippen LogP contribution in [0.2, 0.25) is 0 Å². The van der Waals surface area contributed by atoms with Crippen LogP contribution in [0, 0.1) is 12.3 Å². The van der Waals surface area contributed by atoms with Crippen LogP contribution in [0.3, 0.4) is 0 Å². The maximum atomic E-state index is 13.9. The summed E-state index contributed by atoms with van der Waals surface area (Å²) in [5.41, 5.74) is 2.88. The van der Waals surface area contributed by atoms with Gasteiger partial charge in [0.25, 0.3) is 0 Å². The van der Waals surface area contributed by atoms with Crippen LogP contribution in [-0.4, -0.2) is 37.9 Å². The van der Waals surface area contributed by atoms with Crippen molar-refractivity contribution < 1.29 is 9.32 Å². The number of Topliss-reactive ketones (excluding diaryl/α,β-unsaturated/α-hetero) is 1. The molecule has 1 saturated heterocycles. The normalized spacial score (nSPS) is 25.9. The molecule has 8 heteroatoms. The van der Waals surface area contributed by atoms with Gasteiger partial charge in [-0.2, -0.15) is 0 Å². The van der Waals surface area contributed by atoms with Crippen LogP contribution in [0.4, 0.5) is 0 Å². The molecule has 8 nitrogen and oxygen atoms in total. The number of carbonyl (C=O) groups is 1. The summed E-state index contributed by atoms with van der Waals surface area (Å²) in [5.74, 6) is 0.685. The highest BCUT2D eigenvalue weighted by atomic mass is 16.5. The number of aryl methyl sites for hydroxylation is 1. The summed E-state index contributed by atoms with van der Waals surface area (Å²) in [6, 6.07) is 7.85. The molecule has 0 aliphatic carbocycles. The number of carbonyl (C=O) groups excluding carboxylic acids is 1. The molecule has 0 amide bonds. The van der Waals surface area contributed by atoms with Gasteiger partial charge in [-0.05, 0) is 100 Å². The zero-order chi connectivity index (χ0) is 27.7. The molecule has 0 radical (unpaired) electrons. The third-order valence-corrected chi connectivity index (χ3v) is 7.96. The molecule has 8 bridgehead atoms. The summed E-state index contributed by atoms with van der Waals surface area (Å²) in [6.07, 6.45) is 19.3. The molecule has 4 aliphatic heterocycles. The number of nitrogens with zero attached hydrogens (tertiary/aromatic N) is 4. The molecule has 0 aromatic carbocycles. The summed E-state index contributed by atoms with van der Waals surface area (Å²) in [6.45, 7) is 7.77. The van der Waals surface area contributed by atoms with E-state index in [0.29, 0.717) is 11.5 Å². The van der Waals surface area contributed by atoms with Gasteiger partial charge in [-0.25, -0.2) is 4.99 Å². The summed E-state index contributed by atoms with van der Waals surface area (Å²) in [5, 5.41) is 9.87. The zero-order valence-corrected chi connectivity index (χ0v) is 22.7. The van der Waals surface area contributed by atoms with Crippen LogP contribution in [0.5, 0.6) is 0 Å². The van der Waals surface area contributed by atoms with E-state index in [4.69, 9.17) is 14.5 Å². The Kier molecular flexibility index (Phi) is 5.04. The Morgan fingerprint density at radius 3 is 2.55 bits per heavy atom. The number of hydrogen-bond acceptors (Lipinski definition) is 7. The molecule has 3 aromatic heterocycles. The standard InChI is InChI=1S/C32H28N6O2/c1-19-18-33-12-10-25(19)26-15-27(38-40-26)32-11-9-23(36-32)14-22-6-5-20(34-22)13-21-7-8-24(35-21)16-31(4)29(39)30(2,3)28(17-32)37-31/h5-18,34,37H,1-4H3. The molecule has 0 spiro atoms. The van der Waals surface area contributed by atoms with E-state index in [9.17, 15) is 4.79 Å². The number of hydrogen-bond donors (Lipinski definition) is 2. The highest BCUT2D eigenvalue weighted by Crippen LogP contribution is 2.44. The van der Waals surface area contributed by atoms with Crippen molar-refractivity contribution >= 4 is 29.4 Å². The van der Waals surface area contributed by atoms with Crippen molar-refractivity contribution in [2.45, 2.75) is 38.8 Å². The quantitative estimate of drug-likeness (QED) is 0.529. The number of allylic oxidation sites excluding steroid dienone is 4. The van der Waals surface area contributed by atoms with Crippen molar-refractivity contribution in [1.29, 1.82) is 0 Å². The van der Waals surface area contributed by atoms with Crippen molar-refractivity contribution in [3.8, 4) is 11.3 Å². The number of rotatable bonds is 2. The predicted molar refractivity (Wildman–Crippen MR) is 155 cm³/mol. The highest BCUT2D eigenvalue weighted by Gasteiger charge is 2.52. The first kappa shape index (κ1) is 24.2. The Morgan fingerprint density at radius 2 is 1.75 bits per heavy atom. The van der Waals surface area contributed by atoms with E-state index >= 15 is 0 Å². The van der Waals surface area contributed by atoms with Gasteiger partial charge in [-0.15, -0.1) is 0 Å². The van der Waals surface area contributed by atoms with Gasteiger partial charge in [-0.3, -0.25) is 14.8 Å². The number of aliphatic imine (C=N–C) groups is 2. The summed E-state index contributed by atoms with van der Waals surface area (Å²) < 4.78 is 5.85. The molecular weight excluding hydrogens is 500 g/mol. The number of ketones is 1. The van der Waals surface area contributed by atoms with Crippen LogP contribution < -0.4 is 16.0 Å². The fraction of sp³-hybridized carbons (Fsp3) is 0.219. The third-order valence-electron chi connectivity index (χ3n) is 7.96. The van der Waals surface area contributed by atoms with Crippen molar-refractivity contribution in [3.63, 3.8) is 0 Å². The van der Waals surface area contributed by atoms with Crippen LogP contribution in [0.1, 0.15) is 32.0 Å². The highest BCUT2D eigenvalue weighted by molar-refractivity contribution is 6.20. The third kappa shape index (κ3) is 3.78. The second kappa shape index (κ2) is 8.32. The van der Waals surface area contributed by atoms with Crippen LogP contribution >= 0.6 is 0 Å². The SMILES string of the molecule is Cc1cnccc1-c1cc(C23C=CC(=N2)C=c2ccc([nH]2)=CC2=NC(=CC4(C)NC(=C3)C(C)(C)C4=O)C=C2)no1. The Bertz CT molecular complexity index is 1910. The van der Waals surface area contributed by atoms with Gasteiger partial charge in [0.1, 0.15) is 16.8 Å². The molecule has 2 atom stereocenters. The van der Waals surface area contributed by atoms with E-state index in [-0.39, 0.29) is 5.78 Å². The van der Waals surface area contributed by atoms with E-state index in [2.05, 4.69) is 20.4 Å². The maximum Gasteiger partial charge on any atom is 0.173 e. The second-order valence-electron chi connectivity index (χ2n) is 11.4. The molecular formula is C32H28N6O2. The minimum Gasteiger partial charge on any atom is -0.373 e. The zero-order valence-electron chi connectivity index (χ0n) is 22.7. The molecule has 0 saturated carbocycles. The predicted octanol–water partition coefficient (Wildman–Crippen LogP) is 3.59. The minimum absolute atomic E-state index is 0.0545. The largest absolute Gasteiger partial charge is 0.373 e. The molecule has 7 rings (SSSR count). The molecule has 198 valence electrons. The van der Waals surface area contributed by atoms with Crippen molar-refractivity contribution in [2.24, 2.45) is 15.4 Å². The molecule has 2 N–H and O–H groups in total. The number of pyridine rings is 1. The van der Waals surface area contributed by atoms with Gasteiger partial charge < -0.3 is 14.8 Å². The fourth-order valence-corrected chi connectivity index (χ4v) is 5.79. The van der Waals surface area contributed by atoms with Crippen molar-refractivity contribution in [3.05, 3.63) is 106 Å². The van der Waals surface area contributed by atoms with E-state index in [0.717, 1.165) is 44.6 Å². The van der Waals surface area contributed by atoms with Crippen LogP contribution in [-0.2, 0) is 10.3 Å². The molecule has 40 heavy (non-hydrogen) atoms. The van der Waals surface area contributed by atoms with Gasteiger partial charge in [0.15, 0.2) is 11.5 Å². The Labute approximate surface area is 231 Å². The molecule has 7 heterocycles. The van der Waals surface area contributed by atoms with Crippen LogP contribution in [0.15, 0.2) is 99.0 Å². The first-order valence-electron chi connectivity index (χ1n) is 13.3. The second-order valence-corrected chi connectivity index (χ2v) is 11.4. The molecule has 3 aromatic rings. The first-order chi connectivity index (χ1) is 19.1. The van der Waals surface area contributed by atoms with E-state index < -0.39 is 16.5 Å². The minimum atomic E-state index is -0.982. The van der Waals surface area contributed by atoms with E-state index in [1.165, 1.54) is 0 Å². The fourth-order valence-electron chi connectivity index (χ4n) is 5.79. The Morgan fingerprint density at radius 1 is 0.950 bits per heavy atom. The average Bonchev–Trinajstić information content (AvgIpc) is 3.73. The lowest BCUT2D eigenvalue weighted by Crippen LogP contribution is -2.41. The molecule has 4 aliphatic rings.